The molecule has 104 valence electrons. The summed E-state index contributed by atoms with van der Waals surface area (Å²) in [5, 5.41) is 0. The lowest BCUT2D eigenvalue weighted by molar-refractivity contribution is 0.0899. The summed E-state index contributed by atoms with van der Waals surface area (Å²) in [5.74, 6) is -0.826. The third kappa shape index (κ3) is 2.56. The number of hydrogen-bond donors (Lipinski definition) is 1. The zero-order valence-electron chi connectivity index (χ0n) is 11.4. The maximum Gasteiger partial charge on any atom is 0.186 e. The standard InChI is InChI=1S/C16H16FNO2/c1-16(18,12-6-4-3-5-7-12)15(19)11-8-9-14(20-2)13(17)10-11/h3-10H,18H2,1-2H3. The number of benzene rings is 2. The van der Waals surface area contributed by atoms with Crippen molar-refractivity contribution >= 4 is 5.78 Å². The van der Waals surface area contributed by atoms with E-state index in [1.807, 2.05) is 18.2 Å². The number of halogens is 1. The van der Waals surface area contributed by atoms with Crippen molar-refractivity contribution in [1.82, 2.24) is 0 Å². The Bertz CT molecular complexity index is 624. The molecule has 0 aliphatic rings. The van der Waals surface area contributed by atoms with E-state index in [4.69, 9.17) is 10.5 Å². The summed E-state index contributed by atoms with van der Waals surface area (Å²) in [7, 11) is 1.37. The van der Waals surface area contributed by atoms with Crippen LogP contribution in [-0.2, 0) is 5.54 Å². The van der Waals surface area contributed by atoms with Crippen LogP contribution in [0.3, 0.4) is 0 Å². The van der Waals surface area contributed by atoms with Crippen LogP contribution in [0.2, 0.25) is 0 Å². The molecule has 2 N–H and O–H groups in total. The van der Waals surface area contributed by atoms with Crippen molar-refractivity contribution in [2.24, 2.45) is 5.73 Å². The molecule has 0 radical (unpaired) electrons. The molecule has 20 heavy (non-hydrogen) atoms. The van der Waals surface area contributed by atoms with Crippen LogP contribution in [0, 0.1) is 5.82 Å². The number of carbonyl (C=O) groups excluding carboxylic acids is 1. The Morgan fingerprint density at radius 1 is 1.20 bits per heavy atom. The first-order valence-corrected chi connectivity index (χ1v) is 6.19. The van der Waals surface area contributed by atoms with Crippen molar-refractivity contribution in [3.8, 4) is 5.75 Å². The van der Waals surface area contributed by atoms with Gasteiger partial charge >= 0.3 is 0 Å². The smallest absolute Gasteiger partial charge is 0.186 e. The molecule has 0 saturated carbocycles. The molecular weight excluding hydrogens is 257 g/mol. The average Bonchev–Trinajstić information content (AvgIpc) is 2.47. The second-order valence-corrected chi connectivity index (χ2v) is 4.75. The molecule has 3 nitrogen and oxygen atoms in total. The summed E-state index contributed by atoms with van der Waals surface area (Å²) < 4.78 is 18.5. The Labute approximate surface area is 117 Å². The zero-order valence-corrected chi connectivity index (χ0v) is 11.4. The van der Waals surface area contributed by atoms with Crippen molar-refractivity contribution in [3.63, 3.8) is 0 Å². The molecule has 0 aliphatic heterocycles. The largest absolute Gasteiger partial charge is 0.494 e. The fourth-order valence-corrected chi connectivity index (χ4v) is 2.02. The van der Waals surface area contributed by atoms with Gasteiger partial charge in [0.25, 0.3) is 0 Å². The quantitative estimate of drug-likeness (QED) is 0.871. The molecule has 0 saturated heterocycles. The predicted molar refractivity (Wildman–Crippen MR) is 75.3 cm³/mol. The van der Waals surface area contributed by atoms with Gasteiger partial charge in [-0.2, -0.15) is 0 Å². The number of hydrogen-bond acceptors (Lipinski definition) is 3. The van der Waals surface area contributed by atoms with Crippen LogP contribution >= 0.6 is 0 Å². The van der Waals surface area contributed by atoms with Gasteiger partial charge in [-0.3, -0.25) is 4.79 Å². The molecule has 0 amide bonds. The normalized spacial score (nSPS) is 13.6. The van der Waals surface area contributed by atoms with Crippen LogP contribution in [-0.4, -0.2) is 12.9 Å². The first-order chi connectivity index (χ1) is 9.46. The number of methoxy groups -OCH3 is 1. The van der Waals surface area contributed by atoms with E-state index in [2.05, 4.69) is 0 Å². The Morgan fingerprint density at radius 2 is 1.85 bits per heavy atom. The minimum atomic E-state index is -1.21. The van der Waals surface area contributed by atoms with E-state index in [0.717, 1.165) is 6.07 Å². The Hall–Kier alpha value is -2.20. The number of ketones is 1. The minimum Gasteiger partial charge on any atom is -0.494 e. The van der Waals surface area contributed by atoms with Gasteiger partial charge in [0.15, 0.2) is 17.3 Å². The van der Waals surface area contributed by atoms with Gasteiger partial charge in [0.1, 0.15) is 5.54 Å². The molecule has 1 atom stereocenters. The first kappa shape index (κ1) is 14.2. The summed E-state index contributed by atoms with van der Waals surface area (Å²) in [6.07, 6.45) is 0. The highest BCUT2D eigenvalue weighted by Gasteiger charge is 2.31. The minimum absolute atomic E-state index is 0.0972. The van der Waals surface area contributed by atoms with Gasteiger partial charge in [0.2, 0.25) is 0 Å². The number of carbonyl (C=O) groups is 1. The number of ether oxygens (including phenoxy) is 1. The SMILES string of the molecule is COc1ccc(C(=O)C(C)(N)c2ccccc2)cc1F. The summed E-state index contributed by atoms with van der Waals surface area (Å²) in [6, 6.07) is 13.1. The molecule has 0 spiro atoms. The molecule has 1 unspecified atom stereocenters. The van der Waals surface area contributed by atoms with Gasteiger partial charge in [0, 0.05) is 5.56 Å². The van der Waals surface area contributed by atoms with Crippen molar-refractivity contribution in [1.29, 1.82) is 0 Å². The number of Topliss-reactive ketones (excluding diaryl/α,β-unsaturated/α-hetero) is 1. The molecule has 0 aliphatic carbocycles. The molecule has 4 heteroatoms. The Kier molecular flexibility index (Phi) is 3.86. The highest BCUT2D eigenvalue weighted by molar-refractivity contribution is 6.03. The topological polar surface area (TPSA) is 52.3 Å². The van der Waals surface area contributed by atoms with Crippen molar-refractivity contribution < 1.29 is 13.9 Å². The zero-order chi connectivity index (χ0) is 14.8. The van der Waals surface area contributed by atoms with Crippen molar-refractivity contribution in [3.05, 3.63) is 65.5 Å². The Morgan fingerprint density at radius 3 is 2.40 bits per heavy atom. The van der Waals surface area contributed by atoms with Crippen LogP contribution in [0.25, 0.3) is 0 Å². The van der Waals surface area contributed by atoms with Crippen LogP contribution in [0.5, 0.6) is 5.75 Å². The fraction of sp³-hybridized carbons (Fsp3) is 0.188. The third-order valence-corrected chi connectivity index (χ3v) is 3.26. The van der Waals surface area contributed by atoms with E-state index in [1.54, 1.807) is 19.1 Å². The number of nitrogens with two attached hydrogens (primary N) is 1. The lowest BCUT2D eigenvalue weighted by Gasteiger charge is -2.23. The van der Waals surface area contributed by atoms with Gasteiger partial charge in [-0.15, -0.1) is 0 Å². The average molecular weight is 273 g/mol. The number of rotatable bonds is 4. The second-order valence-electron chi connectivity index (χ2n) is 4.75. The predicted octanol–water partition coefficient (Wildman–Crippen LogP) is 2.89. The first-order valence-electron chi connectivity index (χ1n) is 6.19. The molecule has 2 aromatic carbocycles. The molecule has 2 aromatic rings. The van der Waals surface area contributed by atoms with E-state index >= 15 is 0 Å². The molecule has 0 bridgehead atoms. The van der Waals surface area contributed by atoms with Gasteiger partial charge < -0.3 is 10.5 Å². The highest BCUT2D eigenvalue weighted by atomic mass is 19.1. The monoisotopic (exact) mass is 273 g/mol. The van der Waals surface area contributed by atoms with Crippen molar-refractivity contribution in [2.45, 2.75) is 12.5 Å². The maximum absolute atomic E-state index is 13.7. The molecule has 0 fully saturated rings. The lowest BCUT2D eigenvalue weighted by atomic mass is 9.85. The van der Waals surface area contributed by atoms with E-state index < -0.39 is 11.4 Å². The van der Waals surface area contributed by atoms with Crippen LogP contribution in [0.15, 0.2) is 48.5 Å². The summed E-state index contributed by atoms with van der Waals surface area (Å²) in [6.45, 7) is 1.62. The molecule has 2 rings (SSSR count). The molecule has 0 aromatic heterocycles. The van der Waals surface area contributed by atoms with E-state index in [-0.39, 0.29) is 17.1 Å². The fourth-order valence-electron chi connectivity index (χ4n) is 2.02. The van der Waals surface area contributed by atoms with Gasteiger partial charge in [0.05, 0.1) is 7.11 Å². The second kappa shape index (κ2) is 5.43. The van der Waals surface area contributed by atoms with Gasteiger partial charge in [-0.25, -0.2) is 4.39 Å². The summed E-state index contributed by atoms with van der Waals surface area (Å²) in [5.41, 5.74) is 5.83. The van der Waals surface area contributed by atoms with Crippen molar-refractivity contribution in [2.75, 3.05) is 7.11 Å². The molecular formula is C16H16FNO2. The van der Waals surface area contributed by atoms with Crippen LogP contribution < -0.4 is 10.5 Å². The van der Waals surface area contributed by atoms with Gasteiger partial charge in [-0.05, 0) is 30.7 Å². The summed E-state index contributed by atoms with van der Waals surface area (Å²) in [4.78, 5) is 12.5. The summed E-state index contributed by atoms with van der Waals surface area (Å²) >= 11 is 0. The van der Waals surface area contributed by atoms with E-state index in [9.17, 15) is 9.18 Å². The maximum atomic E-state index is 13.7. The van der Waals surface area contributed by atoms with Crippen LogP contribution in [0.1, 0.15) is 22.8 Å². The molecule has 0 heterocycles. The highest BCUT2D eigenvalue weighted by Crippen LogP contribution is 2.25. The Balaban J connectivity index is 2.38. The van der Waals surface area contributed by atoms with Crippen LogP contribution in [0.4, 0.5) is 4.39 Å². The third-order valence-electron chi connectivity index (χ3n) is 3.26. The van der Waals surface area contributed by atoms with E-state index in [1.165, 1.54) is 19.2 Å². The lowest BCUT2D eigenvalue weighted by Crippen LogP contribution is -2.41. The van der Waals surface area contributed by atoms with Gasteiger partial charge in [-0.1, -0.05) is 30.3 Å². The van der Waals surface area contributed by atoms with E-state index in [0.29, 0.717) is 5.56 Å².